The molecule has 2 bridgehead atoms. The zero-order valence-electron chi connectivity index (χ0n) is 14.5. The predicted octanol–water partition coefficient (Wildman–Crippen LogP) is 3.06. The molecule has 6 atom stereocenters. The molecular weight excluding hydrogens is 320 g/mol. The van der Waals surface area contributed by atoms with Gasteiger partial charge in [0.25, 0.3) is 0 Å². The lowest BCUT2D eigenvalue weighted by Crippen LogP contribution is -2.51. The summed E-state index contributed by atoms with van der Waals surface area (Å²) >= 11 is 0. The zero-order valence-corrected chi connectivity index (χ0v) is 14.5. The van der Waals surface area contributed by atoms with Crippen molar-refractivity contribution in [2.45, 2.75) is 45.4 Å². The highest BCUT2D eigenvalue weighted by Crippen LogP contribution is 2.75. The summed E-state index contributed by atoms with van der Waals surface area (Å²) in [6.07, 6.45) is 6.59. The number of carboxylic acids is 2. The molecule has 0 amide bonds. The van der Waals surface area contributed by atoms with Crippen molar-refractivity contribution >= 4 is 18.2 Å². The van der Waals surface area contributed by atoms with Crippen LogP contribution in [0, 0.1) is 34.0 Å². The van der Waals surface area contributed by atoms with Gasteiger partial charge in [-0.05, 0) is 44.9 Å². The summed E-state index contributed by atoms with van der Waals surface area (Å²) < 4.78 is 0. The Labute approximate surface area is 146 Å². The molecule has 5 nitrogen and oxygen atoms in total. The van der Waals surface area contributed by atoms with Gasteiger partial charge in [-0.1, -0.05) is 30.2 Å². The fraction of sp³-hybridized carbons (Fsp3) is 0.650. The van der Waals surface area contributed by atoms with Crippen LogP contribution in [0.4, 0.5) is 0 Å². The van der Waals surface area contributed by atoms with E-state index in [1.807, 2.05) is 0 Å². The molecule has 0 heterocycles. The third kappa shape index (κ3) is 1.72. The van der Waals surface area contributed by atoms with Crippen LogP contribution < -0.4 is 0 Å². The topological polar surface area (TPSA) is 91.7 Å². The third-order valence-corrected chi connectivity index (χ3v) is 7.80. The first-order chi connectivity index (χ1) is 11.7. The van der Waals surface area contributed by atoms with Gasteiger partial charge in [-0.2, -0.15) is 0 Å². The van der Waals surface area contributed by atoms with E-state index in [9.17, 15) is 24.6 Å². The van der Waals surface area contributed by atoms with E-state index in [1.54, 1.807) is 6.92 Å². The molecule has 134 valence electrons. The van der Waals surface area contributed by atoms with E-state index in [2.05, 4.69) is 12.7 Å². The first-order valence-corrected chi connectivity index (χ1v) is 9.04. The van der Waals surface area contributed by atoms with Gasteiger partial charge in [-0.25, -0.2) is 0 Å². The van der Waals surface area contributed by atoms with Crippen molar-refractivity contribution in [1.29, 1.82) is 0 Å². The maximum Gasteiger partial charge on any atom is 0.309 e. The Kier molecular flexibility index (Phi) is 3.20. The first kappa shape index (κ1) is 16.6. The lowest BCUT2D eigenvalue weighted by molar-refractivity contribution is -0.166. The molecule has 4 aliphatic rings. The van der Waals surface area contributed by atoms with Gasteiger partial charge in [0.05, 0.1) is 16.7 Å². The van der Waals surface area contributed by atoms with Crippen molar-refractivity contribution in [3.8, 4) is 0 Å². The number of carboxylic acid groups (broad SMARTS) is 2. The first-order valence-electron chi connectivity index (χ1n) is 9.04. The highest BCUT2D eigenvalue weighted by molar-refractivity contribution is 5.85. The molecule has 4 aliphatic carbocycles. The minimum Gasteiger partial charge on any atom is -0.481 e. The Bertz CT molecular complexity index is 736. The molecule has 25 heavy (non-hydrogen) atoms. The van der Waals surface area contributed by atoms with E-state index >= 15 is 0 Å². The molecule has 3 saturated carbocycles. The number of aliphatic carboxylic acids is 2. The second-order valence-corrected chi connectivity index (χ2v) is 8.77. The molecule has 0 aromatic heterocycles. The van der Waals surface area contributed by atoms with E-state index in [0.717, 1.165) is 23.9 Å². The van der Waals surface area contributed by atoms with Gasteiger partial charge in [0.15, 0.2) is 0 Å². The summed E-state index contributed by atoms with van der Waals surface area (Å²) in [7, 11) is 0. The van der Waals surface area contributed by atoms with Gasteiger partial charge in [-0.3, -0.25) is 9.59 Å². The van der Waals surface area contributed by atoms with Gasteiger partial charge < -0.3 is 15.0 Å². The summed E-state index contributed by atoms with van der Waals surface area (Å²) in [6, 6.07) is 0. The van der Waals surface area contributed by atoms with Crippen LogP contribution in [-0.4, -0.2) is 28.4 Å². The fourth-order valence-electron chi connectivity index (χ4n) is 6.91. The quantitative estimate of drug-likeness (QED) is 0.606. The highest BCUT2D eigenvalue weighted by Gasteiger charge is 2.74. The molecule has 4 rings (SSSR count). The average molecular weight is 344 g/mol. The molecule has 0 unspecified atom stereocenters. The van der Waals surface area contributed by atoms with Gasteiger partial charge >= 0.3 is 11.9 Å². The van der Waals surface area contributed by atoms with Crippen LogP contribution in [0.1, 0.15) is 45.4 Å². The lowest BCUT2D eigenvalue weighted by Gasteiger charge is -2.47. The summed E-state index contributed by atoms with van der Waals surface area (Å²) in [5.74, 6) is -3.24. The van der Waals surface area contributed by atoms with Gasteiger partial charge in [0.1, 0.15) is 6.29 Å². The Morgan fingerprint density at radius 1 is 1.32 bits per heavy atom. The van der Waals surface area contributed by atoms with Crippen molar-refractivity contribution in [2.24, 2.45) is 34.0 Å². The molecule has 0 aromatic carbocycles. The van der Waals surface area contributed by atoms with E-state index < -0.39 is 40.0 Å². The number of carbonyl (C=O) groups is 3. The van der Waals surface area contributed by atoms with Crippen LogP contribution in [0.2, 0.25) is 0 Å². The second kappa shape index (κ2) is 4.83. The molecule has 0 radical (unpaired) electrons. The number of carbonyl (C=O) groups excluding carboxylic acids is 1. The Balaban J connectivity index is 2.01. The van der Waals surface area contributed by atoms with Crippen molar-refractivity contribution in [3.63, 3.8) is 0 Å². The molecule has 3 fully saturated rings. The summed E-state index contributed by atoms with van der Waals surface area (Å²) in [5.41, 5.74) is -0.819. The van der Waals surface area contributed by atoms with E-state index in [4.69, 9.17) is 0 Å². The van der Waals surface area contributed by atoms with Crippen LogP contribution in [0.15, 0.2) is 23.8 Å². The minimum absolute atomic E-state index is 0.255. The normalized spacial score (nSPS) is 47.6. The maximum atomic E-state index is 12.4. The van der Waals surface area contributed by atoms with Gasteiger partial charge in [0.2, 0.25) is 0 Å². The van der Waals surface area contributed by atoms with Crippen molar-refractivity contribution in [3.05, 3.63) is 23.8 Å². The van der Waals surface area contributed by atoms with Gasteiger partial charge in [0, 0.05) is 11.3 Å². The van der Waals surface area contributed by atoms with Crippen molar-refractivity contribution < 1.29 is 24.6 Å². The van der Waals surface area contributed by atoms with E-state index in [-0.39, 0.29) is 5.92 Å². The fourth-order valence-corrected chi connectivity index (χ4v) is 6.91. The van der Waals surface area contributed by atoms with E-state index in [0.29, 0.717) is 32.1 Å². The highest BCUT2D eigenvalue weighted by atomic mass is 16.4. The number of hydrogen-bond acceptors (Lipinski definition) is 3. The standard InChI is InChI=1S/C20H24O5/c1-11-8-20-9-12(11)4-5-13(20)19(10-21)7-3-6-18(2,17(24)25)15(19)14(20)16(22)23/h5,10,12,14-15H,1,3-4,6-9H2,2H3,(H,22,23)(H,24,25)/t12-,14-,15-,18-,19-,20+/m1/s1. The third-order valence-electron chi connectivity index (χ3n) is 7.80. The van der Waals surface area contributed by atoms with Crippen molar-refractivity contribution in [2.75, 3.05) is 0 Å². The predicted molar refractivity (Wildman–Crippen MR) is 89.7 cm³/mol. The van der Waals surface area contributed by atoms with Crippen LogP contribution in [0.3, 0.4) is 0 Å². The Hall–Kier alpha value is -1.91. The Morgan fingerprint density at radius 2 is 2.04 bits per heavy atom. The largest absolute Gasteiger partial charge is 0.481 e. The van der Waals surface area contributed by atoms with Crippen LogP contribution in [0.25, 0.3) is 0 Å². The molecule has 2 N–H and O–H groups in total. The van der Waals surface area contributed by atoms with E-state index in [1.165, 1.54) is 0 Å². The average Bonchev–Trinajstić information content (AvgIpc) is 2.96. The van der Waals surface area contributed by atoms with Crippen LogP contribution >= 0.6 is 0 Å². The molecule has 1 spiro atoms. The SMILES string of the molecule is C=C1C[C@]23C[C@H]1CC=C2[C@]1(C=O)CCC[C@@](C)(C(=O)O)[C@H]1[C@@H]3C(=O)O. The molecule has 0 aromatic rings. The summed E-state index contributed by atoms with van der Waals surface area (Å²) in [5, 5.41) is 20.1. The van der Waals surface area contributed by atoms with Crippen LogP contribution in [0.5, 0.6) is 0 Å². The van der Waals surface area contributed by atoms with Crippen molar-refractivity contribution in [1.82, 2.24) is 0 Å². The number of aldehydes is 1. The lowest BCUT2D eigenvalue weighted by atomic mass is 9.54. The zero-order chi connectivity index (χ0) is 18.2. The molecule has 0 aliphatic heterocycles. The maximum absolute atomic E-state index is 12.4. The molecule has 5 heteroatoms. The number of hydrogen-bond donors (Lipinski definition) is 2. The number of rotatable bonds is 3. The second-order valence-electron chi connectivity index (χ2n) is 8.77. The smallest absolute Gasteiger partial charge is 0.309 e. The number of fused-ring (bicyclic) bond motifs is 3. The summed E-state index contributed by atoms with van der Waals surface area (Å²) in [6.45, 7) is 5.79. The minimum atomic E-state index is -1.20. The Morgan fingerprint density at radius 3 is 2.64 bits per heavy atom. The monoisotopic (exact) mass is 344 g/mol. The summed E-state index contributed by atoms with van der Waals surface area (Å²) in [4.78, 5) is 37.0. The van der Waals surface area contributed by atoms with Crippen LogP contribution in [-0.2, 0) is 14.4 Å². The van der Waals surface area contributed by atoms with Gasteiger partial charge in [-0.15, -0.1) is 0 Å². The molecule has 0 saturated heterocycles. The molecular formula is C20H24O5. The number of allylic oxidation sites excluding steroid dienone is 3.